The van der Waals surface area contributed by atoms with E-state index in [-0.39, 0.29) is 11.9 Å². The number of hydrogen-bond acceptors (Lipinski definition) is 4. The van der Waals surface area contributed by atoms with Gasteiger partial charge in [-0.25, -0.2) is 8.42 Å². The van der Waals surface area contributed by atoms with Crippen LogP contribution in [0, 0.1) is 0 Å². The molecular weight excluding hydrogens is 192 g/mol. The molecule has 0 aromatic carbocycles. The molecule has 1 atom stereocenters. The van der Waals surface area contributed by atoms with E-state index in [1.165, 1.54) is 11.8 Å². The lowest BCUT2D eigenvalue weighted by atomic mass is 10.1. The Morgan fingerprint density at radius 2 is 2.00 bits per heavy atom. The van der Waals surface area contributed by atoms with Gasteiger partial charge >= 0.3 is 0 Å². The molecule has 1 saturated heterocycles. The van der Waals surface area contributed by atoms with Crippen molar-refractivity contribution < 1.29 is 13.2 Å². The van der Waals surface area contributed by atoms with E-state index in [1.807, 2.05) is 0 Å². The van der Waals surface area contributed by atoms with Gasteiger partial charge in [-0.05, 0) is 6.92 Å². The third kappa shape index (κ3) is 2.19. The molecule has 13 heavy (non-hydrogen) atoms. The number of rotatable bonds is 2. The highest BCUT2D eigenvalue weighted by atomic mass is 32.2. The average molecular weight is 206 g/mol. The van der Waals surface area contributed by atoms with Gasteiger partial charge in [0, 0.05) is 25.4 Å². The van der Waals surface area contributed by atoms with Crippen molar-refractivity contribution in [3.63, 3.8) is 0 Å². The van der Waals surface area contributed by atoms with Gasteiger partial charge in [-0.1, -0.05) is 0 Å². The van der Waals surface area contributed by atoms with Crippen molar-refractivity contribution >= 4 is 15.7 Å². The standard InChI is InChI=1S/C7H14N2O3S/c1-5(13(2,11)12)7(10)9-3-6(8)4-9/h5-6H,3-4,8H2,1-2H3. The maximum absolute atomic E-state index is 11.4. The van der Waals surface area contributed by atoms with Crippen molar-refractivity contribution in [2.24, 2.45) is 5.73 Å². The normalized spacial score (nSPS) is 21.0. The predicted octanol–water partition coefficient (Wildman–Crippen LogP) is -1.41. The first kappa shape index (κ1) is 10.5. The summed E-state index contributed by atoms with van der Waals surface area (Å²) in [4.78, 5) is 12.9. The fourth-order valence-electron chi connectivity index (χ4n) is 1.13. The molecule has 76 valence electrons. The first-order chi connectivity index (χ1) is 5.82. The number of carbonyl (C=O) groups is 1. The van der Waals surface area contributed by atoms with Crippen molar-refractivity contribution in [3.8, 4) is 0 Å². The molecule has 0 aromatic heterocycles. The minimum absolute atomic E-state index is 0.00992. The summed E-state index contributed by atoms with van der Waals surface area (Å²) in [6.45, 7) is 2.35. The summed E-state index contributed by atoms with van der Waals surface area (Å²) in [5.74, 6) is -0.343. The van der Waals surface area contributed by atoms with Crippen LogP contribution in [0.15, 0.2) is 0 Å². The van der Waals surface area contributed by atoms with Gasteiger partial charge in [-0.3, -0.25) is 4.79 Å². The Hall–Kier alpha value is -0.620. The van der Waals surface area contributed by atoms with E-state index in [0.717, 1.165) is 6.26 Å². The van der Waals surface area contributed by atoms with Crippen LogP contribution in [-0.4, -0.2) is 49.9 Å². The number of hydrogen-bond donors (Lipinski definition) is 1. The van der Waals surface area contributed by atoms with Gasteiger partial charge in [0.1, 0.15) is 5.25 Å². The van der Waals surface area contributed by atoms with Crippen molar-refractivity contribution in [2.45, 2.75) is 18.2 Å². The van der Waals surface area contributed by atoms with Crippen LogP contribution in [0.2, 0.25) is 0 Å². The predicted molar refractivity (Wildman–Crippen MR) is 48.9 cm³/mol. The second-order valence-electron chi connectivity index (χ2n) is 3.48. The molecule has 1 amide bonds. The van der Waals surface area contributed by atoms with Crippen LogP contribution >= 0.6 is 0 Å². The molecule has 1 rings (SSSR count). The largest absolute Gasteiger partial charge is 0.338 e. The highest BCUT2D eigenvalue weighted by Crippen LogP contribution is 2.11. The Bertz CT molecular complexity index is 306. The molecule has 1 heterocycles. The Morgan fingerprint density at radius 3 is 2.31 bits per heavy atom. The van der Waals surface area contributed by atoms with Gasteiger partial charge in [0.2, 0.25) is 5.91 Å². The van der Waals surface area contributed by atoms with Gasteiger partial charge in [0.05, 0.1) is 0 Å². The number of likely N-dealkylation sites (tertiary alicyclic amines) is 1. The van der Waals surface area contributed by atoms with Gasteiger partial charge in [0.15, 0.2) is 9.84 Å². The van der Waals surface area contributed by atoms with Gasteiger partial charge < -0.3 is 10.6 Å². The fraction of sp³-hybridized carbons (Fsp3) is 0.857. The molecule has 1 aliphatic rings. The zero-order chi connectivity index (χ0) is 10.2. The van der Waals surface area contributed by atoms with E-state index in [2.05, 4.69) is 0 Å². The summed E-state index contributed by atoms with van der Waals surface area (Å²) in [6.07, 6.45) is 1.06. The molecule has 0 spiro atoms. The molecule has 2 N–H and O–H groups in total. The molecule has 1 aliphatic heterocycles. The molecule has 5 nitrogen and oxygen atoms in total. The SMILES string of the molecule is CC(C(=O)N1CC(N)C1)S(C)(=O)=O. The Morgan fingerprint density at radius 1 is 1.54 bits per heavy atom. The van der Waals surface area contributed by atoms with Crippen LogP contribution in [0.5, 0.6) is 0 Å². The Balaban J connectivity index is 2.59. The second kappa shape index (κ2) is 3.26. The van der Waals surface area contributed by atoms with Crippen molar-refractivity contribution in [2.75, 3.05) is 19.3 Å². The zero-order valence-electron chi connectivity index (χ0n) is 7.73. The second-order valence-corrected chi connectivity index (χ2v) is 5.84. The topological polar surface area (TPSA) is 80.5 Å². The quantitative estimate of drug-likeness (QED) is 0.602. The van der Waals surface area contributed by atoms with Crippen molar-refractivity contribution in [3.05, 3.63) is 0 Å². The monoisotopic (exact) mass is 206 g/mol. The van der Waals surface area contributed by atoms with E-state index in [1.54, 1.807) is 0 Å². The number of sulfone groups is 1. The highest BCUT2D eigenvalue weighted by Gasteiger charge is 2.34. The summed E-state index contributed by atoms with van der Waals surface area (Å²) >= 11 is 0. The number of nitrogens with two attached hydrogens (primary N) is 1. The van der Waals surface area contributed by atoms with Crippen molar-refractivity contribution in [1.29, 1.82) is 0 Å². The van der Waals surface area contributed by atoms with Gasteiger partial charge in [0.25, 0.3) is 0 Å². The minimum atomic E-state index is -3.27. The highest BCUT2D eigenvalue weighted by molar-refractivity contribution is 7.92. The van der Waals surface area contributed by atoms with Crippen LogP contribution in [0.3, 0.4) is 0 Å². The minimum Gasteiger partial charge on any atom is -0.338 e. The summed E-state index contributed by atoms with van der Waals surface area (Å²) in [7, 11) is -3.27. The molecule has 0 saturated carbocycles. The lowest BCUT2D eigenvalue weighted by Gasteiger charge is -2.38. The Labute approximate surface area is 77.8 Å². The molecule has 0 bridgehead atoms. The first-order valence-corrected chi connectivity index (χ1v) is 6.01. The number of carbonyl (C=O) groups excluding carboxylic acids is 1. The summed E-state index contributed by atoms with van der Waals surface area (Å²) in [5.41, 5.74) is 5.47. The third-order valence-electron chi connectivity index (χ3n) is 2.21. The maximum Gasteiger partial charge on any atom is 0.240 e. The molecule has 0 radical (unpaired) electrons. The third-order valence-corrected chi connectivity index (χ3v) is 3.70. The zero-order valence-corrected chi connectivity index (χ0v) is 8.54. The molecular formula is C7H14N2O3S. The average Bonchev–Trinajstić information content (AvgIpc) is 1.94. The molecule has 0 aromatic rings. The van der Waals surface area contributed by atoms with Crippen LogP contribution in [0.4, 0.5) is 0 Å². The maximum atomic E-state index is 11.4. The number of amides is 1. The lowest BCUT2D eigenvalue weighted by Crippen LogP contribution is -2.60. The van der Waals surface area contributed by atoms with Gasteiger partial charge in [-0.2, -0.15) is 0 Å². The molecule has 0 aliphatic carbocycles. The smallest absolute Gasteiger partial charge is 0.240 e. The number of nitrogens with zero attached hydrogens (tertiary/aromatic N) is 1. The van der Waals surface area contributed by atoms with Crippen molar-refractivity contribution in [1.82, 2.24) is 4.90 Å². The van der Waals surface area contributed by atoms with E-state index >= 15 is 0 Å². The van der Waals surface area contributed by atoms with Crippen LogP contribution in [-0.2, 0) is 14.6 Å². The Kier molecular flexibility index (Phi) is 2.63. The van der Waals surface area contributed by atoms with Crippen LogP contribution in [0.1, 0.15) is 6.92 Å². The van der Waals surface area contributed by atoms with E-state index < -0.39 is 15.1 Å². The summed E-state index contributed by atoms with van der Waals surface area (Å²) < 4.78 is 22.0. The lowest BCUT2D eigenvalue weighted by molar-refractivity contribution is -0.134. The van der Waals surface area contributed by atoms with Crippen LogP contribution in [0.25, 0.3) is 0 Å². The molecule has 6 heteroatoms. The molecule has 1 unspecified atom stereocenters. The van der Waals surface area contributed by atoms with Crippen LogP contribution < -0.4 is 5.73 Å². The summed E-state index contributed by atoms with van der Waals surface area (Å²) in [6, 6.07) is 0.00992. The van der Waals surface area contributed by atoms with E-state index in [4.69, 9.17) is 5.73 Å². The summed E-state index contributed by atoms with van der Waals surface area (Å²) in [5, 5.41) is -0.944. The van der Waals surface area contributed by atoms with E-state index in [9.17, 15) is 13.2 Å². The first-order valence-electron chi connectivity index (χ1n) is 4.05. The van der Waals surface area contributed by atoms with E-state index in [0.29, 0.717) is 13.1 Å². The van der Waals surface area contributed by atoms with Gasteiger partial charge in [-0.15, -0.1) is 0 Å². The fourth-order valence-corrected chi connectivity index (χ4v) is 1.65. The molecule has 1 fully saturated rings.